The topological polar surface area (TPSA) is 49.4 Å². The zero-order chi connectivity index (χ0) is 18.2. The summed E-state index contributed by atoms with van der Waals surface area (Å²) in [5.74, 6) is -9.79. The molecule has 2 aromatic rings. The Morgan fingerprint density at radius 1 is 1.08 bits per heavy atom. The van der Waals surface area contributed by atoms with Crippen molar-refractivity contribution < 1.29 is 41.0 Å². The van der Waals surface area contributed by atoms with E-state index in [1.807, 2.05) is 0 Å². The van der Waals surface area contributed by atoms with E-state index in [2.05, 4.69) is 4.74 Å². The lowest BCUT2D eigenvalue weighted by atomic mass is 10.1. The van der Waals surface area contributed by atoms with Crippen LogP contribution >= 0.6 is 11.6 Å². The van der Waals surface area contributed by atoms with Crippen LogP contribution in [0.15, 0.2) is 24.3 Å². The molecule has 0 aliphatic heterocycles. The molecule has 0 aliphatic carbocycles. The van der Waals surface area contributed by atoms with E-state index in [0.717, 1.165) is 12.1 Å². The SMILES string of the molecule is O=C([O-])c1c(F)cc(Oc2ccc(Cl)c(C(F)(F)F)c2)c(F)c1F. The first-order chi connectivity index (χ1) is 11.0. The third kappa shape index (κ3) is 3.40. The van der Waals surface area contributed by atoms with Crippen molar-refractivity contribution in [3.63, 3.8) is 0 Å². The minimum atomic E-state index is -4.84. The number of hydrogen-bond donors (Lipinski definition) is 0. The molecule has 10 heteroatoms. The first-order valence-corrected chi connectivity index (χ1v) is 6.33. The first kappa shape index (κ1) is 17.9. The van der Waals surface area contributed by atoms with Crippen molar-refractivity contribution in [2.45, 2.75) is 6.18 Å². The minimum Gasteiger partial charge on any atom is -0.545 e. The van der Waals surface area contributed by atoms with E-state index in [0.29, 0.717) is 6.07 Å². The lowest BCUT2D eigenvalue weighted by Crippen LogP contribution is -2.25. The quantitative estimate of drug-likeness (QED) is 0.608. The van der Waals surface area contributed by atoms with Crippen molar-refractivity contribution >= 4 is 17.6 Å². The fourth-order valence-electron chi connectivity index (χ4n) is 1.75. The van der Waals surface area contributed by atoms with Gasteiger partial charge in [0.25, 0.3) is 0 Å². The van der Waals surface area contributed by atoms with Crippen LogP contribution in [0.5, 0.6) is 11.5 Å². The van der Waals surface area contributed by atoms with Crippen molar-refractivity contribution in [2.75, 3.05) is 0 Å². The van der Waals surface area contributed by atoms with Crippen LogP contribution < -0.4 is 9.84 Å². The van der Waals surface area contributed by atoms with E-state index in [1.54, 1.807) is 0 Å². The molecular formula is C14H4ClF6O3-. The first-order valence-electron chi connectivity index (χ1n) is 5.95. The molecule has 0 saturated carbocycles. The maximum atomic E-state index is 13.7. The van der Waals surface area contributed by atoms with Crippen molar-refractivity contribution in [1.29, 1.82) is 0 Å². The molecule has 0 N–H and O–H groups in total. The van der Waals surface area contributed by atoms with Crippen molar-refractivity contribution in [3.05, 3.63) is 57.9 Å². The highest BCUT2D eigenvalue weighted by atomic mass is 35.5. The van der Waals surface area contributed by atoms with E-state index in [1.165, 1.54) is 0 Å². The fourth-order valence-corrected chi connectivity index (χ4v) is 1.97. The molecule has 0 spiro atoms. The maximum Gasteiger partial charge on any atom is 0.417 e. The Bertz CT molecular complexity index is 819. The predicted octanol–water partition coefficient (Wildman–Crippen LogP) is 3.93. The second-order valence-corrected chi connectivity index (χ2v) is 4.80. The summed E-state index contributed by atoms with van der Waals surface area (Å²) in [5, 5.41) is 9.85. The van der Waals surface area contributed by atoms with E-state index in [-0.39, 0.29) is 6.07 Å². The van der Waals surface area contributed by atoms with Gasteiger partial charge in [0, 0.05) is 6.07 Å². The standard InChI is InChI=1S/C14H5ClF6O3/c15-7-2-1-5(3-6(7)14(19,20)21)24-9-4-8(16)10(13(22)23)12(18)11(9)17/h1-4H,(H,22,23)/p-1. The monoisotopic (exact) mass is 369 g/mol. The Hall–Kier alpha value is -2.42. The molecular weight excluding hydrogens is 366 g/mol. The molecule has 0 radical (unpaired) electrons. The Morgan fingerprint density at radius 3 is 2.25 bits per heavy atom. The molecule has 3 nitrogen and oxygen atoms in total. The number of carbonyl (C=O) groups is 1. The van der Waals surface area contributed by atoms with E-state index in [9.17, 15) is 36.2 Å². The zero-order valence-electron chi connectivity index (χ0n) is 11.2. The zero-order valence-corrected chi connectivity index (χ0v) is 11.9. The summed E-state index contributed by atoms with van der Waals surface area (Å²) in [7, 11) is 0. The van der Waals surface area contributed by atoms with Gasteiger partial charge in [-0.15, -0.1) is 0 Å². The van der Waals surface area contributed by atoms with Gasteiger partial charge < -0.3 is 14.6 Å². The Kier molecular flexibility index (Phi) is 4.66. The lowest BCUT2D eigenvalue weighted by Gasteiger charge is -2.14. The summed E-state index contributed by atoms with van der Waals surface area (Å²) in [6.07, 6.45) is -4.84. The molecule has 24 heavy (non-hydrogen) atoms. The molecule has 0 heterocycles. The number of benzene rings is 2. The molecule has 0 bridgehead atoms. The second-order valence-electron chi connectivity index (χ2n) is 4.39. The van der Waals surface area contributed by atoms with Gasteiger partial charge in [-0.05, 0) is 18.2 Å². The molecule has 0 unspecified atom stereocenters. The number of hydrogen-bond acceptors (Lipinski definition) is 3. The number of halogens is 7. The Balaban J connectivity index is 2.48. The Labute approximate surface area is 135 Å². The molecule has 2 aromatic carbocycles. The maximum absolute atomic E-state index is 13.7. The third-order valence-electron chi connectivity index (χ3n) is 2.80. The predicted molar refractivity (Wildman–Crippen MR) is 67.2 cm³/mol. The molecule has 0 atom stereocenters. The summed E-state index contributed by atoms with van der Waals surface area (Å²) in [6, 6.07) is 2.26. The van der Waals surface area contributed by atoms with Crippen molar-refractivity contribution in [3.8, 4) is 11.5 Å². The van der Waals surface area contributed by atoms with Crippen LogP contribution in [-0.2, 0) is 6.18 Å². The van der Waals surface area contributed by atoms with E-state index >= 15 is 0 Å². The lowest BCUT2D eigenvalue weighted by molar-refractivity contribution is -0.255. The van der Waals surface area contributed by atoms with Gasteiger partial charge in [-0.1, -0.05) is 11.6 Å². The van der Waals surface area contributed by atoms with Crippen molar-refractivity contribution in [2.24, 2.45) is 0 Å². The molecule has 0 saturated heterocycles. The number of ether oxygens (including phenoxy) is 1. The van der Waals surface area contributed by atoms with Crippen LogP contribution in [-0.4, -0.2) is 5.97 Å². The second kappa shape index (κ2) is 6.23. The Morgan fingerprint density at radius 2 is 1.71 bits per heavy atom. The average molecular weight is 370 g/mol. The number of carboxylic acids is 1. The molecule has 2 rings (SSSR count). The smallest absolute Gasteiger partial charge is 0.417 e. The van der Waals surface area contributed by atoms with E-state index in [4.69, 9.17) is 11.6 Å². The number of carboxylic acid groups (broad SMARTS) is 1. The highest BCUT2D eigenvalue weighted by molar-refractivity contribution is 6.31. The van der Waals surface area contributed by atoms with Gasteiger partial charge in [-0.3, -0.25) is 0 Å². The van der Waals surface area contributed by atoms with Crippen LogP contribution in [0.2, 0.25) is 5.02 Å². The van der Waals surface area contributed by atoms with Gasteiger partial charge in [0.05, 0.1) is 22.1 Å². The average Bonchev–Trinajstić information content (AvgIpc) is 2.45. The minimum absolute atomic E-state index is 0.172. The van der Waals surface area contributed by atoms with Crippen LogP contribution in [0.1, 0.15) is 15.9 Å². The number of rotatable bonds is 3. The van der Waals surface area contributed by atoms with Gasteiger partial charge >= 0.3 is 6.18 Å². The highest BCUT2D eigenvalue weighted by Crippen LogP contribution is 2.38. The third-order valence-corrected chi connectivity index (χ3v) is 3.13. The molecule has 0 aliphatic rings. The van der Waals surface area contributed by atoms with Crippen molar-refractivity contribution in [1.82, 2.24) is 0 Å². The normalized spacial score (nSPS) is 11.5. The van der Waals surface area contributed by atoms with Gasteiger partial charge in [0.15, 0.2) is 11.6 Å². The van der Waals surface area contributed by atoms with Crippen LogP contribution in [0.25, 0.3) is 0 Å². The largest absolute Gasteiger partial charge is 0.545 e. The summed E-state index contributed by atoms with van der Waals surface area (Å²) in [6.45, 7) is 0. The summed E-state index contributed by atoms with van der Waals surface area (Å²) >= 11 is 5.38. The number of carbonyl (C=O) groups excluding carboxylic acids is 1. The molecule has 0 amide bonds. The number of alkyl halides is 3. The summed E-state index contributed by atoms with van der Waals surface area (Å²) < 4.78 is 83.5. The van der Waals surface area contributed by atoms with E-state index < -0.39 is 57.2 Å². The molecule has 128 valence electrons. The van der Waals surface area contributed by atoms with Crippen LogP contribution in [0, 0.1) is 17.5 Å². The van der Waals surface area contributed by atoms with Gasteiger partial charge in [-0.2, -0.15) is 17.6 Å². The molecule has 0 fully saturated rings. The van der Waals surface area contributed by atoms with Gasteiger partial charge in [-0.25, -0.2) is 8.78 Å². The summed E-state index contributed by atoms with van der Waals surface area (Å²) in [5.41, 5.74) is -2.97. The van der Waals surface area contributed by atoms with Gasteiger partial charge in [0.2, 0.25) is 5.82 Å². The highest BCUT2D eigenvalue weighted by Gasteiger charge is 2.33. The fraction of sp³-hybridized carbons (Fsp3) is 0.0714. The summed E-state index contributed by atoms with van der Waals surface area (Å²) in [4.78, 5) is 10.5. The van der Waals surface area contributed by atoms with Crippen LogP contribution in [0.4, 0.5) is 26.3 Å². The van der Waals surface area contributed by atoms with Crippen LogP contribution in [0.3, 0.4) is 0 Å². The number of aromatic carboxylic acids is 1. The molecule has 0 aromatic heterocycles. The van der Waals surface area contributed by atoms with Gasteiger partial charge in [0.1, 0.15) is 11.6 Å².